The van der Waals surface area contributed by atoms with Gasteiger partial charge in [-0.05, 0) is 47.2 Å². The van der Waals surface area contributed by atoms with Crippen molar-refractivity contribution in [2.45, 2.75) is 24.8 Å². The minimum atomic E-state index is -0.679. The van der Waals surface area contributed by atoms with E-state index in [9.17, 15) is 14.7 Å². The smallest absolute Gasteiger partial charge is 0.275 e. The summed E-state index contributed by atoms with van der Waals surface area (Å²) < 4.78 is 1.49. The van der Waals surface area contributed by atoms with Crippen molar-refractivity contribution in [2.75, 3.05) is 13.6 Å². The minimum Gasteiger partial charge on any atom is -0.502 e. The zero-order chi connectivity index (χ0) is 21.9. The van der Waals surface area contributed by atoms with E-state index in [-0.39, 0.29) is 17.7 Å². The van der Waals surface area contributed by atoms with Crippen LogP contribution < -0.4 is 5.43 Å². The Morgan fingerprint density at radius 1 is 1.00 bits per heavy atom. The van der Waals surface area contributed by atoms with Gasteiger partial charge in [-0.15, -0.1) is 0 Å². The van der Waals surface area contributed by atoms with Crippen LogP contribution in [0.2, 0.25) is 10.0 Å². The molecule has 0 saturated carbocycles. The number of carbonyl (C=O) groups excluding carboxylic acids is 1. The molecule has 2 aliphatic rings. The van der Waals surface area contributed by atoms with Crippen LogP contribution in [0.15, 0.2) is 47.4 Å². The standard InChI is InChI=1S/C23H19Cl2N3O3/c1-27-11-18(28-21(23(27)31)22(30)19(29)10-26-28)20-14-4-2-6-16(24)12(14)8-9-13-15(20)5-3-7-17(13)25/h2-7,10,18,20,30H,8-9,11H2,1H3/t18-/m1/s1. The van der Waals surface area contributed by atoms with E-state index in [1.54, 1.807) is 7.05 Å². The number of nitrogens with zero attached hydrogens (tertiary/aromatic N) is 3. The van der Waals surface area contributed by atoms with Crippen molar-refractivity contribution in [1.29, 1.82) is 0 Å². The van der Waals surface area contributed by atoms with E-state index < -0.39 is 17.1 Å². The molecule has 0 unspecified atom stereocenters. The van der Waals surface area contributed by atoms with Crippen molar-refractivity contribution < 1.29 is 9.90 Å². The number of aromatic hydroxyl groups is 1. The van der Waals surface area contributed by atoms with Crippen LogP contribution in [0.3, 0.4) is 0 Å². The average molecular weight is 456 g/mol. The molecule has 3 aromatic rings. The zero-order valence-corrected chi connectivity index (χ0v) is 18.2. The van der Waals surface area contributed by atoms with Gasteiger partial charge >= 0.3 is 0 Å². The van der Waals surface area contributed by atoms with Gasteiger partial charge in [0, 0.05) is 29.6 Å². The summed E-state index contributed by atoms with van der Waals surface area (Å²) in [6, 6.07) is 11.3. The fourth-order valence-electron chi connectivity index (χ4n) is 4.87. The number of aromatic nitrogens is 2. The molecular formula is C23H19Cl2N3O3. The number of carbonyl (C=O) groups is 1. The molecule has 6 nitrogen and oxygen atoms in total. The molecule has 1 aromatic heterocycles. The van der Waals surface area contributed by atoms with E-state index in [0.717, 1.165) is 41.3 Å². The third-order valence-electron chi connectivity index (χ3n) is 6.30. The summed E-state index contributed by atoms with van der Waals surface area (Å²) in [5, 5.41) is 16.1. The summed E-state index contributed by atoms with van der Waals surface area (Å²) in [6.45, 7) is 0.351. The lowest BCUT2D eigenvalue weighted by Gasteiger charge is -2.38. The number of rotatable bonds is 1. The van der Waals surface area contributed by atoms with Crippen LogP contribution in [0.25, 0.3) is 0 Å². The highest BCUT2D eigenvalue weighted by molar-refractivity contribution is 6.32. The van der Waals surface area contributed by atoms with E-state index in [1.165, 1.54) is 9.58 Å². The highest BCUT2D eigenvalue weighted by Crippen LogP contribution is 2.46. The lowest BCUT2D eigenvalue weighted by molar-refractivity contribution is 0.0686. The van der Waals surface area contributed by atoms with Crippen LogP contribution in [-0.4, -0.2) is 39.3 Å². The molecule has 2 aromatic carbocycles. The van der Waals surface area contributed by atoms with Gasteiger partial charge in [0.2, 0.25) is 5.43 Å². The van der Waals surface area contributed by atoms with Crippen LogP contribution >= 0.6 is 23.2 Å². The molecule has 0 saturated heterocycles. The first-order chi connectivity index (χ1) is 14.9. The van der Waals surface area contributed by atoms with Crippen molar-refractivity contribution in [3.63, 3.8) is 0 Å². The van der Waals surface area contributed by atoms with Gasteiger partial charge in [0.15, 0.2) is 11.4 Å². The fourth-order valence-corrected chi connectivity index (χ4v) is 5.42. The second-order valence-electron chi connectivity index (χ2n) is 8.00. The van der Waals surface area contributed by atoms with E-state index in [4.69, 9.17) is 23.2 Å². The maximum Gasteiger partial charge on any atom is 0.275 e. The monoisotopic (exact) mass is 455 g/mol. The summed E-state index contributed by atoms with van der Waals surface area (Å²) in [7, 11) is 1.66. The van der Waals surface area contributed by atoms with Crippen LogP contribution in [0.1, 0.15) is 44.7 Å². The number of benzene rings is 2. The topological polar surface area (TPSA) is 75.4 Å². The second kappa shape index (κ2) is 7.39. The van der Waals surface area contributed by atoms with Crippen LogP contribution in [0.5, 0.6) is 5.75 Å². The molecule has 1 amide bonds. The second-order valence-corrected chi connectivity index (χ2v) is 8.81. The van der Waals surface area contributed by atoms with Gasteiger partial charge in [-0.2, -0.15) is 5.10 Å². The van der Waals surface area contributed by atoms with Gasteiger partial charge < -0.3 is 10.0 Å². The van der Waals surface area contributed by atoms with Crippen molar-refractivity contribution >= 4 is 29.1 Å². The molecule has 158 valence electrons. The Balaban J connectivity index is 1.82. The largest absolute Gasteiger partial charge is 0.502 e. The van der Waals surface area contributed by atoms with Gasteiger partial charge in [-0.1, -0.05) is 47.5 Å². The fraction of sp³-hybridized carbons (Fsp3) is 0.261. The molecule has 8 heteroatoms. The summed E-state index contributed by atoms with van der Waals surface area (Å²) >= 11 is 13.2. The highest BCUT2D eigenvalue weighted by Gasteiger charge is 2.40. The summed E-state index contributed by atoms with van der Waals surface area (Å²) in [5.74, 6) is -1.25. The lowest BCUT2D eigenvalue weighted by atomic mass is 9.81. The Morgan fingerprint density at radius 2 is 1.58 bits per heavy atom. The lowest BCUT2D eigenvalue weighted by Crippen LogP contribution is -2.45. The van der Waals surface area contributed by atoms with Crippen molar-refractivity contribution in [3.05, 3.63) is 90.8 Å². The Labute approximate surface area is 188 Å². The average Bonchev–Trinajstić information content (AvgIpc) is 2.91. The first kappa shape index (κ1) is 20.1. The SMILES string of the molecule is CN1C[C@H](C2c3cccc(Cl)c3CCc3c(Cl)cccc32)n2ncc(=O)c(O)c2C1=O. The molecule has 0 radical (unpaired) electrons. The van der Waals surface area contributed by atoms with Gasteiger partial charge in [0.05, 0.1) is 12.2 Å². The van der Waals surface area contributed by atoms with E-state index >= 15 is 0 Å². The molecule has 31 heavy (non-hydrogen) atoms. The third-order valence-corrected chi connectivity index (χ3v) is 7.01. The molecule has 0 fully saturated rings. The van der Waals surface area contributed by atoms with Crippen LogP contribution in [0.4, 0.5) is 0 Å². The number of amides is 1. The van der Waals surface area contributed by atoms with Crippen LogP contribution in [-0.2, 0) is 12.8 Å². The van der Waals surface area contributed by atoms with E-state index in [0.29, 0.717) is 16.6 Å². The van der Waals surface area contributed by atoms with Gasteiger partial charge in [0.25, 0.3) is 5.91 Å². The first-order valence-electron chi connectivity index (χ1n) is 9.99. The normalized spacial score (nSPS) is 18.2. The van der Waals surface area contributed by atoms with Gasteiger partial charge in [-0.25, -0.2) is 0 Å². The number of hydrogen-bond donors (Lipinski definition) is 1. The molecule has 0 bridgehead atoms. The molecule has 0 spiro atoms. The predicted molar refractivity (Wildman–Crippen MR) is 118 cm³/mol. The molecule has 1 aliphatic carbocycles. The van der Waals surface area contributed by atoms with Crippen molar-refractivity contribution in [3.8, 4) is 5.75 Å². The molecule has 1 N–H and O–H groups in total. The zero-order valence-electron chi connectivity index (χ0n) is 16.7. The Kier molecular flexibility index (Phi) is 4.79. The third kappa shape index (κ3) is 3.05. The molecule has 2 heterocycles. The minimum absolute atomic E-state index is 0.0948. The highest BCUT2D eigenvalue weighted by atomic mass is 35.5. The number of likely N-dealkylation sites (N-methyl/N-ethyl adjacent to an activating group) is 1. The number of hydrogen-bond acceptors (Lipinski definition) is 4. The number of halogens is 2. The summed E-state index contributed by atoms with van der Waals surface area (Å²) in [5.41, 5.74) is 3.36. The molecular weight excluding hydrogens is 437 g/mol. The van der Waals surface area contributed by atoms with Gasteiger partial charge in [-0.3, -0.25) is 14.3 Å². The Bertz CT molecular complexity index is 1230. The number of fused-ring (bicyclic) bond motifs is 3. The molecule has 1 atom stereocenters. The Morgan fingerprint density at radius 3 is 2.16 bits per heavy atom. The van der Waals surface area contributed by atoms with Crippen molar-refractivity contribution in [2.24, 2.45) is 0 Å². The van der Waals surface area contributed by atoms with E-state index in [2.05, 4.69) is 5.10 Å². The van der Waals surface area contributed by atoms with E-state index in [1.807, 2.05) is 36.4 Å². The van der Waals surface area contributed by atoms with Crippen molar-refractivity contribution in [1.82, 2.24) is 14.7 Å². The quantitative estimate of drug-likeness (QED) is 0.605. The first-order valence-corrected chi connectivity index (χ1v) is 10.7. The van der Waals surface area contributed by atoms with Gasteiger partial charge in [0.1, 0.15) is 0 Å². The summed E-state index contributed by atoms with van der Waals surface area (Å²) in [6.07, 6.45) is 2.53. The molecule has 5 rings (SSSR count). The van der Waals surface area contributed by atoms with Crippen LogP contribution in [0, 0.1) is 0 Å². The Hall–Kier alpha value is -2.83. The molecule has 1 aliphatic heterocycles. The maximum atomic E-state index is 12.8. The summed E-state index contributed by atoms with van der Waals surface area (Å²) in [4.78, 5) is 26.4. The predicted octanol–water partition coefficient (Wildman–Crippen LogP) is 3.81. The maximum absolute atomic E-state index is 12.8.